The van der Waals surface area contributed by atoms with Crippen molar-refractivity contribution < 1.29 is 0 Å². The first-order valence-electron chi connectivity index (χ1n) is 5.40. The van der Waals surface area contributed by atoms with Crippen molar-refractivity contribution in [3.8, 4) is 0 Å². The number of hydrogen-bond donors (Lipinski definition) is 1. The maximum Gasteiger partial charge on any atom is 0.0244 e. The molecule has 16 heavy (non-hydrogen) atoms. The van der Waals surface area contributed by atoms with Crippen molar-refractivity contribution in [2.24, 2.45) is 5.73 Å². The zero-order valence-corrected chi connectivity index (χ0v) is 9.88. The molecule has 0 fully saturated rings. The molecule has 1 heteroatoms. The summed E-state index contributed by atoms with van der Waals surface area (Å²) in [7, 11) is 0. The SMILES string of the molecule is C=C(N)/C=C1\C(=C)c2ccccc2C1(C)C. The fourth-order valence-corrected chi connectivity index (χ4v) is 2.41. The van der Waals surface area contributed by atoms with Gasteiger partial charge in [0.2, 0.25) is 0 Å². The fraction of sp³-hybridized carbons (Fsp3) is 0.200. The molecule has 0 aromatic heterocycles. The highest BCUT2D eigenvalue weighted by molar-refractivity contribution is 5.88. The van der Waals surface area contributed by atoms with Crippen LogP contribution in [0.2, 0.25) is 0 Å². The second-order valence-electron chi connectivity index (χ2n) is 4.78. The number of nitrogens with two attached hydrogens (primary N) is 1. The van der Waals surface area contributed by atoms with Crippen LogP contribution < -0.4 is 5.73 Å². The van der Waals surface area contributed by atoms with E-state index in [2.05, 4.69) is 45.2 Å². The van der Waals surface area contributed by atoms with Crippen LogP contribution >= 0.6 is 0 Å². The van der Waals surface area contributed by atoms with Crippen molar-refractivity contribution in [3.05, 3.63) is 65.9 Å². The summed E-state index contributed by atoms with van der Waals surface area (Å²) in [4.78, 5) is 0. The Morgan fingerprint density at radius 2 is 1.94 bits per heavy atom. The zero-order chi connectivity index (χ0) is 11.9. The predicted molar refractivity (Wildman–Crippen MR) is 69.9 cm³/mol. The van der Waals surface area contributed by atoms with Crippen molar-refractivity contribution in [1.29, 1.82) is 0 Å². The van der Waals surface area contributed by atoms with E-state index in [1.807, 2.05) is 12.1 Å². The van der Waals surface area contributed by atoms with Crippen molar-refractivity contribution in [3.63, 3.8) is 0 Å². The van der Waals surface area contributed by atoms with Gasteiger partial charge in [0.1, 0.15) is 0 Å². The Kier molecular flexibility index (Phi) is 2.27. The molecule has 0 aliphatic heterocycles. The first kappa shape index (κ1) is 10.7. The van der Waals surface area contributed by atoms with Gasteiger partial charge in [-0.15, -0.1) is 0 Å². The van der Waals surface area contributed by atoms with Gasteiger partial charge in [-0.3, -0.25) is 0 Å². The molecule has 2 rings (SSSR count). The van der Waals surface area contributed by atoms with Crippen molar-refractivity contribution in [2.75, 3.05) is 0 Å². The largest absolute Gasteiger partial charge is 0.399 e. The lowest BCUT2D eigenvalue weighted by atomic mass is 9.82. The molecule has 0 heterocycles. The van der Waals surface area contributed by atoms with E-state index >= 15 is 0 Å². The van der Waals surface area contributed by atoms with Crippen LogP contribution in [0.25, 0.3) is 5.57 Å². The van der Waals surface area contributed by atoms with Gasteiger partial charge in [-0.1, -0.05) is 51.3 Å². The molecule has 1 aliphatic rings. The van der Waals surface area contributed by atoms with Crippen molar-refractivity contribution in [1.82, 2.24) is 0 Å². The highest BCUT2D eigenvalue weighted by atomic mass is 14.6. The van der Waals surface area contributed by atoms with Gasteiger partial charge < -0.3 is 5.73 Å². The molecule has 0 atom stereocenters. The summed E-state index contributed by atoms with van der Waals surface area (Å²) >= 11 is 0. The van der Waals surface area contributed by atoms with Crippen molar-refractivity contribution >= 4 is 5.57 Å². The van der Waals surface area contributed by atoms with E-state index in [1.54, 1.807) is 0 Å². The van der Waals surface area contributed by atoms with Gasteiger partial charge in [-0.05, 0) is 28.3 Å². The van der Waals surface area contributed by atoms with E-state index in [4.69, 9.17) is 5.73 Å². The third-order valence-corrected chi connectivity index (χ3v) is 3.25. The summed E-state index contributed by atoms with van der Waals surface area (Å²) in [5.74, 6) is 0. The molecule has 1 aliphatic carbocycles. The molecule has 0 bridgehead atoms. The second kappa shape index (κ2) is 3.38. The lowest BCUT2D eigenvalue weighted by Crippen LogP contribution is -2.15. The Bertz CT molecular complexity index is 504. The minimum absolute atomic E-state index is 0.0318. The number of rotatable bonds is 1. The smallest absolute Gasteiger partial charge is 0.0244 e. The molecular weight excluding hydrogens is 194 g/mol. The zero-order valence-electron chi connectivity index (χ0n) is 9.88. The molecule has 0 unspecified atom stereocenters. The quantitative estimate of drug-likeness (QED) is 0.757. The fourth-order valence-electron chi connectivity index (χ4n) is 2.41. The van der Waals surface area contributed by atoms with E-state index in [0.717, 1.165) is 5.57 Å². The highest BCUT2D eigenvalue weighted by Gasteiger charge is 2.36. The second-order valence-corrected chi connectivity index (χ2v) is 4.78. The lowest BCUT2D eigenvalue weighted by molar-refractivity contribution is 0.660. The van der Waals surface area contributed by atoms with Gasteiger partial charge >= 0.3 is 0 Å². The van der Waals surface area contributed by atoms with Crippen LogP contribution in [0, 0.1) is 0 Å². The standard InChI is InChI=1S/C15H17N/c1-10(16)9-14-11(2)12-7-5-6-8-13(12)15(14,3)4/h5-9H,1-2,16H2,3-4H3/b14-9+. The molecular formula is C15H17N. The Balaban J connectivity index is 2.66. The summed E-state index contributed by atoms with van der Waals surface area (Å²) in [5, 5.41) is 0. The summed E-state index contributed by atoms with van der Waals surface area (Å²) < 4.78 is 0. The molecule has 1 aromatic carbocycles. The van der Waals surface area contributed by atoms with E-state index < -0.39 is 0 Å². The van der Waals surface area contributed by atoms with Gasteiger partial charge in [0.05, 0.1) is 0 Å². The molecule has 0 saturated carbocycles. The van der Waals surface area contributed by atoms with E-state index in [-0.39, 0.29) is 5.41 Å². The third kappa shape index (κ3) is 1.40. The molecule has 1 nitrogen and oxygen atoms in total. The van der Waals surface area contributed by atoms with Crippen LogP contribution in [-0.4, -0.2) is 0 Å². The summed E-state index contributed by atoms with van der Waals surface area (Å²) in [6.45, 7) is 12.3. The lowest BCUT2D eigenvalue weighted by Gasteiger charge is -2.21. The van der Waals surface area contributed by atoms with Crippen LogP contribution in [0.1, 0.15) is 25.0 Å². The molecule has 0 radical (unpaired) electrons. The Morgan fingerprint density at radius 3 is 2.50 bits per heavy atom. The minimum Gasteiger partial charge on any atom is -0.399 e. The molecule has 82 valence electrons. The van der Waals surface area contributed by atoms with E-state index in [1.165, 1.54) is 16.7 Å². The van der Waals surface area contributed by atoms with Crippen LogP contribution in [-0.2, 0) is 5.41 Å². The van der Waals surface area contributed by atoms with Gasteiger partial charge in [0, 0.05) is 11.1 Å². The summed E-state index contributed by atoms with van der Waals surface area (Å²) in [5.41, 5.74) is 11.0. The Labute approximate surface area is 97.0 Å². The van der Waals surface area contributed by atoms with E-state index in [9.17, 15) is 0 Å². The summed E-state index contributed by atoms with van der Waals surface area (Å²) in [6, 6.07) is 8.37. The predicted octanol–water partition coefficient (Wildman–Crippen LogP) is 3.39. The normalized spacial score (nSPS) is 19.9. The maximum absolute atomic E-state index is 5.68. The first-order chi connectivity index (χ1) is 7.44. The van der Waals surface area contributed by atoms with Gasteiger partial charge in [0.15, 0.2) is 0 Å². The topological polar surface area (TPSA) is 26.0 Å². The van der Waals surface area contributed by atoms with E-state index in [0.29, 0.717) is 5.70 Å². The Hall–Kier alpha value is -1.76. The average Bonchev–Trinajstić information content (AvgIpc) is 2.41. The van der Waals surface area contributed by atoms with Gasteiger partial charge in [0.25, 0.3) is 0 Å². The van der Waals surface area contributed by atoms with Gasteiger partial charge in [-0.2, -0.15) is 0 Å². The molecule has 0 amide bonds. The highest BCUT2D eigenvalue weighted by Crippen LogP contribution is 2.48. The minimum atomic E-state index is -0.0318. The number of benzene rings is 1. The van der Waals surface area contributed by atoms with Gasteiger partial charge in [-0.25, -0.2) is 0 Å². The number of fused-ring (bicyclic) bond motifs is 1. The Morgan fingerprint density at radius 1 is 1.31 bits per heavy atom. The van der Waals surface area contributed by atoms with Crippen molar-refractivity contribution in [2.45, 2.75) is 19.3 Å². The first-order valence-corrected chi connectivity index (χ1v) is 5.40. The maximum atomic E-state index is 5.68. The molecule has 2 N–H and O–H groups in total. The van der Waals surface area contributed by atoms with Crippen LogP contribution in [0.5, 0.6) is 0 Å². The van der Waals surface area contributed by atoms with Crippen LogP contribution in [0.3, 0.4) is 0 Å². The van der Waals surface area contributed by atoms with Crippen LogP contribution in [0.15, 0.2) is 54.8 Å². The average molecular weight is 211 g/mol. The monoisotopic (exact) mass is 211 g/mol. The molecule has 0 saturated heterocycles. The number of hydrogen-bond acceptors (Lipinski definition) is 1. The number of allylic oxidation sites excluding steroid dienone is 3. The molecule has 0 spiro atoms. The third-order valence-electron chi connectivity index (χ3n) is 3.25. The van der Waals surface area contributed by atoms with Crippen LogP contribution in [0.4, 0.5) is 0 Å². The molecule has 1 aromatic rings. The summed E-state index contributed by atoms with van der Waals surface area (Å²) in [6.07, 6.45) is 1.93.